The van der Waals surface area contributed by atoms with Crippen LogP contribution >= 0.6 is 11.3 Å². The van der Waals surface area contributed by atoms with Gasteiger partial charge in [0.1, 0.15) is 4.90 Å². The van der Waals surface area contributed by atoms with E-state index in [1.54, 1.807) is 6.92 Å². The van der Waals surface area contributed by atoms with Gasteiger partial charge in [-0.15, -0.1) is 0 Å². The molecule has 2 rings (SSSR count). The van der Waals surface area contributed by atoms with E-state index >= 15 is 0 Å². The van der Waals surface area contributed by atoms with E-state index in [2.05, 4.69) is 4.72 Å². The van der Waals surface area contributed by atoms with Crippen molar-refractivity contribution < 1.29 is 13.3 Å². The summed E-state index contributed by atoms with van der Waals surface area (Å²) in [6, 6.07) is 4.67. The minimum absolute atomic E-state index is 0.158. The number of sulfonamides is 1. The quantitative estimate of drug-likeness (QED) is 0.496. The molecule has 112 valence electrons. The number of hydrogen-bond donors (Lipinski definition) is 2. The largest absolute Gasteiger partial charge is 0.397 e. The van der Waals surface area contributed by atoms with Gasteiger partial charge in [-0.3, -0.25) is 10.1 Å². The average Bonchev–Trinajstić information content (AvgIpc) is 2.91. The minimum Gasteiger partial charge on any atom is -0.397 e. The number of nitrogens with one attached hydrogen (secondary N) is 1. The molecule has 0 amide bonds. The Morgan fingerprint density at radius 2 is 2.10 bits per heavy atom. The Hall–Kier alpha value is -1.97. The van der Waals surface area contributed by atoms with Gasteiger partial charge in [0, 0.05) is 18.2 Å². The lowest BCUT2D eigenvalue weighted by molar-refractivity contribution is -0.384. The summed E-state index contributed by atoms with van der Waals surface area (Å²) in [4.78, 5) is 9.83. The number of anilines is 1. The number of nitrogens with zero attached hydrogens (tertiary/aromatic N) is 1. The van der Waals surface area contributed by atoms with Crippen LogP contribution in [0, 0.1) is 10.1 Å². The van der Waals surface area contributed by atoms with E-state index in [9.17, 15) is 18.5 Å². The van der Waals surface area contributed by atoms with Crippen molar-refractivity contribution in [2.45, 2.75) is 17.9 Å². The summed E-state index contributed by atoms with van der Waals surface area (Å²) in [5.41, 5.74) is 6.04. The second-order valence-electron chi connectivity index (χ2n) is 4.38. The topological polar surface area (TPSA) is 115 Å². The molecular weight excluding hydrogens is 314 g/mol. The molecule has 7 nitrogen and oxygen atoms in total. The van der Waals surface area contributed by atoms with Crippen LogP contribution < -0.4 is 10.5 Å². The van der Waals surface area contributed by atoms with Crippen molar-refractivity contribution in [3.05, 3.63) is 50.7 Å². The summed E-state index contributed by atoms with van der Waals surface area (Å²) in [7, 11) is -3.85. The van der Waals surface area contributed by atoms with Gasteiger partial charge < -0.3 is 5.73 Å². The molecule has 1 aromatic carbocycles. The zero-order valence-electron chi connectivity index (χ0n) is 11.0. The average molecular weight is 327 g/mol. The molecule has 0 saturated carbocycles. The van der Waals surface area contributed by atoms with Crippen molar-refractivity contribution in [2.24, 2.45) is 0 Å². The first-order chi connectivity index (χ1) is 9.81. The van der Waals surface area contributed by atoms with Gasteiger partial charge in [0.25, 0.3) is 5.69 Å². The fourth-order valence-electron chi connectivity index (χ4n) is 1.78. The highest BCUT2D eigenvalue weighted by molar-refractivity contribution is 7.89. The number of benzene rings is 1. The molecule has 0 bridgehead atoms. The molecule has 21 heavy (non-hydrogen) atoms. The summed E-state index contributed by atoms with van der Waals surface area (Å²) in [6.45, 7) is 1.71. The van der Waals surface area contributed by atoms with Gasteiger partial charge in [-0.05, 0) is 35.4 Å². The molecule has 0 spiro atoms. The SMILES string of the molecule is CC(NS(=O)(=O)c1ccc([N+](=O)[O-])cc1N)c1ccsc1. The molecule has 0 aliphatic carbocycles. The first-order valence-electron chi connectivity index (χ1n) is 5.89. The van der Waals surface area contributed by atoms with Gasteiger partial charge in [-0.2, -0.15) is 11.3 Å². The van der Waals surface area contributed by atoms with Crippen LogP contribution in [0.3, 0.4) is 0 Å². The van der Waals surface area contributed by atoms with Crippen LogP contribution in [0.4, 0.5) is 11.4 Å². The van der Waals surface area contributed by atoms with Crippen LogP contribution in [0.1, 0.15) is 18.5 Å². The molecule has 0 aliphatic heterocycles. The summed E-state index contributed by atoms with van der Waals surface area (Å²) < 4.78 is 27.1. The van der Waals surface area contributed by atoms with Gasteiger partial charge in [0.05, 0.1) is 10.6 Å². The Morgan fingerprint density at radius 1 is 1.38 bits per heavy atom. The van der Waals surface area contributed by atoms with Crippen LogP contribution in [0.25, 0.3) is 0 Å². The number of nitro benzene ring substituents is 1. The molecule has 0 fully saturated rings. The molecule has 1 atom stereocenters. The number of non-ortho nitro benzene ring substituents is 1. The molecule has 0 aliphatic rings. The van der Waals surface area contributed by atoms with Crippen LogP contribution in [-0.4, -0.2) is 13.3 Å². The summed E-state index contributed by atoms with van der Waals surface area (Å²) >= 11 is 1.46. The van der Waals surface area contributed by atoms with E-state index in [0.29, 0.717) is 0 Å². The van der Waals surface area contributed by atoms with Crippen molar-refractivity contribution >= 4 is 32.7 Å². The first-order valence-corrected chi connectivity index (χ1v) is 8.32. The van der Waals surface area contributed by atoms with Gasteiger partial charge >= 0.3 is 0 Å². The molecule has 0 radical (unpaired) electrons. The van der Waals surface area contributed by atoms with E-state index in [0.717, 1.165) is 23.8 Å². The van der Waals surface area contributed by atoms with Crippen LogP contribution in [-0.2, 0) is 10.0 Å². The highest BCUT2D eigenvalue weighted by Crippen LogP contribution is 2.25. The predicted octanol–water partition coefficient (Wildman–Crippen LogP) is 2.28. The lowest BCUT2D eigenvalue weighted by Crippen LogP contribution is -2.27. The number of hydrogen-bond acceptors (Lipinski definition) is 6. The van der Waals surface area contributed by atoms with E-state index < -0.39 is 21.0 Å². The second-order valence-corrected chi connectivity index (χ2v) is 6.84. The maximum absolute atomic E-state index is 12.3. The third kappa shape index (κ3) is 3.38. The van der Waals surface area contributed by atoms with E-state index in [-0.39, 0.29) is 16.3 Å². The van der Waals surface area contributed by atoms with Crippen molar-refractivity contribution in [1.29, 1.82) is 0 Å². The van der Waals surface area contributed by atoms with Crippen molar-refractivity contribution in [3.63, 3.8) is 0 Å². The summed E-state index contributed by atoms with van der Waals surface area (Å²) in [5, 5.41) is 14.3. The highest BCUT2D eigenvalue weighted by atomic mass is 32.2. The predicted molar refractivity (Wildman–Crippen MR) is 80.6 cm³/mol. The molecule has 0 saturated heterocycles. The monoisotopic (exact) mass is 327 g/mol. The maximum atomic E-state index is 12.3. The number of nitro groups is 1. The molecule has 2 aromatic rings. The number of nitrogen functional groups attached to an aromatic ring is 1. The van der Waals surface area contributed by atoms with Crippen molar-refractivity contribution in [3.8, 4) is 0 Å². The normalized spacial score (nSPS) is 13.0. The number of nitrogens with two attached hydrogens (primary N) is 1. The Morgan fingerprint density at radius 3 is 2.62 bits per heavy atom. The van der Waals surface area contributed by atoms with Crippen LogP contribution in [0.15, 0.2) is 39.9 Å². The number of thiophene rings is 1. The minimum atomic E-state index is -3.85. The standard InChI is InChI=1S/C12H13N3O4S2/c1-8(9-4-5-20-7-9)14-21(18,19)12-3-2-10(15(16)17)6-11(12)13/h2-8,14H,13H2,1H3. The van der Waals surface area contributed by atoms with Gasteiger partial charge in [-0.1, -0.05) is 0 Å². The molecule has 1 aromatic heterocycles. The summed E-state index contributed by atoms with van der Waals surface area (Å²) in [5.74, 6) is 0. The molecule has 1 unspecified atom stereocenters. The van der Waals surface area contributed by atoms with E-state index in [1.807, 2.05) is 16.8 Å². The van der Waals surface area contributed by atoms with Crippen LogP contribution in [0.5, 0.6) is 0 Å². The number of rotatable bonds is 5. The van der Waals surface area contributed by atoms with Crippen LogP contribution in [0.2, 0.25) is 0 Å². The van der Waals surface area contributed by atoms with E-state index in [4.69, 9.17) is 5.73 Å². The Labute approximate surface area is 125 Å². The van der Waals surface area contributed by atoms with Gasteiger partial charge in [0.15, 0.2) is 0 Å². The van der Waals surface area contributed by atoms with Crippen molar-refractivity contribution in [1.82, 2.24) is 4.72 Å². The van der Waals surface area contributed by atoms with Gasteiger partial charge in [0.2, 0.25) is 10.0 Å². The fraction of sp³-hybridized carbons (Fsp3) is 0.167. The van der Waals surface area contributed by atoms with E-state index in [1.165, 1.54) is 11.3 Å². The summed E-state index contributed by atoms with van der Waals surface area (Å²) in [6.07, 6.45) is 0. The maximum Gasteiger partial charge on any atom is 0.271 e. The second kappa shape index (κ2) is 5.80. The zero-order valence-corrected chi connectivity index (χ0v) is 12.6. The molecule has 1 heterocycles. The highest BCUT2D eigenvalue weighted by Gasteiger charge is 2.22. The smallest absolute Gasteiger partial charge is 0.271 e. The van der Waals surface area contributed by atoms with Gasteiger partial charge in [-0.25, -0.2) is 13.1 Å². The zero-order chi connectivity index (χ0) is 15.6. The Balaban J connectivity index is 2.29. The Bertz CT molecular complexity index is 757. The van der Waals surface area contributed by atoms with Crippen molar-refractivity contribution in [2.75, 3.05) is 5.73 Å². The molecular formula is C12H13N3O4S2. The first kappa shape index (κ1) is 15.4. The third-order valence-corrected chi connectivity index (χ3v) is 5.18. The lowest BCUT2D eigenvalue weighted by atomic mass is 10.2. The Kier molecular flexibility index (Phi) is 4.26. The third-order valence-electron chi connectivity index (χ3n) is 2.87. The lowest BCUT2D eigenvalue weighted by Gasteiger charge is -2.14. The molecule has 9 heteroatoms. The fourth-order valence-corrected chi connectivity index (χ4v) is 3.88. The molecule has 3 N–H and O–H groups in total.